The van der Waals surface area contributed by atoms with Crippen LogP contribution in [0.2, 0.25) is 0 Å². The minimum atomic E-state index is -0.611. The van der Waals surface area contributed by atoms with E-state index in [2.05, 4.69) is 40.3 Å². The van der Waals surface area contributed by atoms with E-state index in [0.29, 0.717) is 28.2 Å². The van der Waals surface area contributed by atoms with E-state index in [1.807, 2.05) is 29.6 Å². The van der Waals surface area contributed by atoms with Gasteiger partial charge in [0.15, 0.2) is 11.6 Å². The van der Waals surface area contributed by atoms with E-state index in [4.69, 9.17) is 4.74 Å². The number of aromatic amines is 2. The number of thiazole rings is 1. The van der Waals surface area contributed by atoms with Gasteiger partial charge in [0, 0.05) is 22.2 Å². The number of imidazole rings is 2. The zero-order valence-corrected chi connectivity index (χ0v) is 24.2. The molecule has 0 bridgehead atoms. The molecule has 43 heavy (non-hydrogen) atoms. The minimum Gasteiger partial charge on any atom is -0.453 e. The number of fused-ring (bicyclic) bond motifs is 2. The van der Waals surface area contributed by atoms with Gasteiger partial charge in [0.25, 0.3) is 0 Å². The Kier molecular flexibility index (Phi) is 8.72. The molecule has 12 nitrogen and oxygen atoms in total. The number of anilines is 2. The third-order valence-electron chi connectivity index (χ3n) is 5.93. The van der Waals surface area contributed by atoms with Gasteiger partial charge in [0.2, 0.25) is 5.95 Å². The number of carbonyl (C=O) groups is 3. The Morgan fingerprint density at radius 2 is 1.58 bits per heavy atom. The summed E-state index contributed by atoms with van der Waals surface area (Å²) in [5.74, 6) is 0.910. The molecule has 6 rings (SSSR count). The summed E-state index contributed by atoms with van der Waals surface area (Å²) in [6.07, 6.45) is -1.24. The van der Waals surface area contributed by atoms with Crippen molar-refractivity contribution in [2.45, 2.75) is 20.0 Å². The summed E-state index contributed by atoms with van der Waals surface area (Å²) < 4.78 is 9.55. The monoisotopic (exact) mass is 597 g/mol. The van der Waals surface area contributed by atoms with Crippen molar-refractivity contribution >= 4 is 63.0 Å². The first kappa shape index (κ1) is 29.0. The number of ketones is 1. The zero-order valence-electron chi connectivity index (χ0n) is 23.4. The summed E-state index contributed by atoms with van der Waals surface area (Å²) in [5, 5.41) is 7.06. The van der Waals surface area contributed by atoms with E-state index in [1.165, 1.54) is 18.4 Å². The van der Waals surface area contributed by atoms with E-state index in [1.54, 1.807) is 61.8 Å². The van der Waals surface area contributed by atoms with Crippen molar-refractivity contribution in [3.63, 3.8) is 0 Å². The van der Waals surface area contributed by atoms with Crippen molar-refractivity contribution in [3.05, 3.63) is 88.7 Å². The number of benzene rings is 3. The first-order valence-corrected chi connectivity index (χ1v) is 14.0. The average Bonchev–Trinajstić information content (AvgIpc) is 3.76. The first-order chi connectivity index (χ1) is 20.8. The fourth-order valence-corrected chi connectivity index (χ4v) is 4.54. The molecule has 218 valence electrons. The summed E-state index contributed by atoms with van der Waals surface area (Å²) in [5.41, 5.74) is 7.33. The molecule has 3 aromatic carbocycles. The molecule has 3 heterocycles. The Hall–Kier alpha value is -5.56. The molecule has 0 fully saturated rings. The molecule has 0 aliphatic heterocycles. The van der Waals surface area contributed by atoms with Gasteiger partial charge in [-0.1, -0.05) is 30.3 Å². The van der Waals surface area contributed by atoms with E-state index in [0.717, 1.165) is 22.2 Å². The number of nitrogens with zero attached hydrogens (tertiary/aromatic N) is 3. The lowest BCUT2D eigenvalue weighted by atomic mass is 10.0. The van der Waals surface area contributed by atoms with Crippen LogP contribution in [0, 0.1) is 0 Å². The summed E-state index contributed by atoms with van der Waals surface area (Å²) in [6, 6.07) is 19.6. The molecule has 13 heteroatoms. The van der Waals surface area contributed by atoms with E-state index < -0.39 is 12.2 Å². The number of aromatic nitrogens is 5. The van der Waals surface area contributed by atoms with Crippen LogP contribution in [-0.4, -0.2) is 56.1 Å². The molecule has 0 saturated carbocycles. The van der Waals surface area contributed by atoms with Crippen LogP contribution in [0.15, 0.2) is 77.6 Å². The normalized spacial score (nSPS) is 10.7. The number of hydrogen-bond acceptors (Lipinski definition) is 9. The van der Waals surface area contributed by atoms with E-state index in [-0.39, 0.29) is 17.8 Å². The molecule has 6 aromatic rings. The highest BCUT2D eigenvalue weighted by molar-refractivity contribution is 7.07. The molecule has 0 saturated heterocycles. The van der Waals surface area contributed by atoms with Gasteiger partial charge >= 0.3 is 12.2 Å². The smallest absolute Gasteiger partial charge is 0.413 e. The lowest BCUT2D eigenvalue weighted by molar-refractivity contribution is 0.103. The zero-order chi connectivity index (χ0) is 30.3. The third kappa shape index (κ3) is 7.21. The van der Waals surface area contributed by atoms with Crippen molar-refractivity contribution in [1.29, 1.82) is 0 Å². The Morgan fingerprint density at radius 3 is 2.30 bits per heavy atom. The topological polar surface area (TPSA) is 164 Å². The van der Waals surface area contributed by atoms with Gasteiger partial charge in [-0.2, -0.15) is 0 Å². The standard InChI is InChI=1S/C16H13N3O3.C14H14N4O2S/c1-22-16(21)19-15-17-12-8-7-11(9-13(12)18-15)14(20)10-5-3-2-4-6-10;1-8(2)20-14(19)16-9-3-4-10-11(5-9)18-13(17-10)12-6-21-7-15-12/h2-9H,1H3,(H2,17,18,19,21);3-8H,1-2H3,(H,16,19)(H,17,18). The number of ether oxygens (including phenoxy) is 2. The van der Waals surface area contributed by atoms with Gasteiger partial charge in [-0.25, -0.2) is 24.5 Å². The maximum atomic E-state index is 12.4. The summed E-state index contributed by atoms with van der Waals surface area (Å²) in [7, 11) is 1.27. The van der Waals surface area contributed by atoms with Crippen LogP contribution in [0.1, 0.15) is 29.8 Å². The van der Waals surface area contributed by atoms with Gasteiger partial charge in [-0.05, 0) is 50.2 Å². The molecular formula is C30H27N7O5S. The molecule has 0 spiro atoms. The molecule has 0 aliphatic carbocycles. The Labute approximate surface area is 249 Å². The van der Waals surface area contributed by atoms with Crippen molar-refractivity contribution in [2.75, 3.05) is 17.7 Å². The maximum Gasteiger partial charge on any atom is 0.413 e. The molecule has 0 unspecified atom stereocenters. The second kappa shape index (κ2) is 13.0. The number of amides is 2. The summed E-state index contributed by atoms with van der Waals surface area (Å²) in [6.45, 7) is 3.60. The molecule has 0 radical (unpaired) electrons. The van der Waals surface area contributed by atoms with Gasteiger partial charge in [0.1, 0.15) is 5.69 Å². The van der Waals surface area contributed by atoms with Crippen molar-refractivity contribution in [1.82, 2.24) is 24.9 Å². The van der Waals surface area contributed by atoms with Gasteiger partial charge < -0.3 is 19.4 Å². The highest BCUT2D eigenvalue weighted by atomic mass is 32.1. The van der Waals surface area contributed by atoms with Crippen LogP contribution in [-0.2, 0) is 9.47 Å². The van der Waals surface area contributed by atoms with Crippen molar-refractivity contribution in [2.24, 2.45) is 0 Å². The second-order valence-electron chi connectivity index (χ2n) is 9.40. The van der Waals surface area contributed by atoms with Crippen LogP contribution in [0.3, 0.4) is 0 Å². The minimum absolute atomic E-state index is 0.0759. The van der Waals surface area contributed by atoms with Gasteiger partial charge in [-0.15, -0.1) is 11.3 Å². The Morgan fingerprint density at radius 1 is 0.837 bits per heavy atom. The average molecular weight is 598 g/mol. The number of H-pyrrole nitrogens is 2. The lowest BCUT2D eigenvalue weighted by Gasteiger charge is -2.09. The Balaban J connectivity index is 0.000000171. The van der Waals surface area contributed by atoms with Crippen LogP contribution >= 0.6 is 11.3 Å². The van der Waals surface area contributed by atoms with E-state index >= 15 is 0 Å². The summed E-state index contributed by atoms with van der Waals surface area (Å²) >= 11 is 1.52. The first-order valence-electron chi connectivity index (χ1n) is 13.1. The fourth-order valence-electron chi connectivity index (χ4n) is 4.01. The summed E-state index contributed by atoms with van der Waals surface area (Å²) in [4.78, 5) is 54.2. The highest BCUT2D eigenvalue weighted by Gasteiger charge is 2.13. The second-order valence-corrected chi connectivity index (χ2v) is 10.1. The largest absolute Gasteiger partial charge is 0.453 e. The van der Waals surface area contributed by atoms with E-state index in [9.17, 15) is 14.4 Å². The highest BCUT2D eigenvalue weighted by Crippen LogP contribution is 2.23. The van der Waals surface area contributed by atoms with Crippen LogP contribution in [0.25, 0.3) is 33.6 Å². The van der Waals surface area contributed by atoms with Crippen LogP contribution < -0.4 is 10.6 Å². The quantitative estimate of drug-likeness (QED) is 0.156. The lowest BCUT2D eigenvalue weighted by Crippen LogP contribution is -2.17. The molecule has 2 amide bonds. The number of carbonyl (C=O) groups excluding carboxylic acids is 3. The third-order valence-corrected chi connectivity index (χ3v) is 6.52. The van der Waals surface area contributed by atoms with Crippen molar-refractivity contribution in [3.8, 4) is 11.5 Å². The predicted octanol–water partition coefficient (Wildman–Crippen LogP) is 6.62. The predicted molar refractivity (Wildman–Crippen MR) is 164 cm³/mol. The maximum absolute atomic E-state index is 12.4. The molecular weight excluding hydrogens is 570 g/mol. The number of hydrogen-bond donors (Lipinski definition) is 4. The van der Waals surface area contributed by atoms with Gasteiger partial charge in [-0.3, -0.25) is 15.4 Å². The Bertz CT molecular complexity index is 1880. The number of rotatable bonds is 6. The van der Waals surface area contributed by atoms with Gasteiger partial charge in [0.05, 0.1) is 40.8 Å². The number of methoxy groups -OCH3 is 1. The van der Waals surface area contributed by atoms with Crippen molar-refractivity contribution < 1.29 is 23.9 Å². The SMILES string of the molecule is CC(C)OC(=O)Nc1ccc2[nH]c(-c3cscn3)nc2c1.COC(=O)Nc1nc2cc(C(=O)c3ccccc3)ccc2[nH]1. The fraction of sp³-hybridized carbons (Fsp3) is 0.133. The van der Waals surface area contributed by atoms with Crippen LogP contribution in [0.4, 0.5) is 21.2 Å². The molecule has 0 aliphatic rings. The van der Waals surface area contributed by atoms with Crippen LogP contribution in [0.5, 0.6) is 0 Å². The molecule has 4 N–H and O–H groups in total. The number of nitrogens with one attached hydrogen (secondary N) is 4. The molecule has 0 atom stereocenters. The molecule has 3 aromatic heterocycles.